The first-order valence-electron chi connectivity index (χ1n) is 2.71. The fourth-order valence-corrected chi connectivity index (χ4v) is 2.63. The molecule has 0 radical (unpaired) electrons. The summed E-state index contributed by atoms with van der Waals surface area (Å²) in [7, 11) is 8.13. The third-order valence-corrected chi connectivity index (χ3v) is 4.82. The molecule has 0 heterocycles. The molecule has 0 bridgehead atoms. The molecule has 0 fully saturated rings. The fourth-order valence-electron chi connectivity index (χ4n) is 0.694. The van der Waals surface area contributed by atoms with E-state index >= 15 is 0 Å². The molecule has 0 aliphatic heterocycles. The van der Waals surface area contributed by atoms with Crippen molar-refractivity contribution in [3.05, 3.63) is 15.7 Å². The van der Waals surface area contributed by atoms with Gasteiger partial charge in [0.25, 0.3) is 0 Å². The van der Waals surface area contributed by atoms with Crippen molar-refractivity contribution < 1.29 is 0 Å². The molecule has 4 heteroatoms. The summed E-state index contributed by atoms with van der Waals surface area (Å²) in [5, 5.41) is 3.76. The second-order valence-corrected chi connectivity index (χ2v) is 5.00. The van der Waals surface area contributed by atoms with Gasteiger partial charge in [-0.25, -0.2) is 0 Å². The summed E-state index contributed by atoms with van der Waals surface area (Å²) in [6, 6.07) is 4.26. The van der Waals surface area contributed by atoms with Gasteiger partial charge in [0.15, 0.2) is 0 Å². The highest BCUT2D eigenvalue weighted by Gasteiger charge is 1.98. The van der Waals surface area contributed by atoms with E-state index in [0.717, 1.165) is 0 Å². The molecule has 10 heavy (non-hydrogen) atoms. The maximum Gasteiger partial charge on any atom is 0.0273 e. The van der Waals surface area contributed by atoms with Crippen molar-refractivity contribution in [2.24, 2.45) is 0 Å². The number of hydrogen-bond donors (Lipinski definition) is 0. The van der Waals surface area contributed by atoms with Crippen LogP contribution in [0.3, 0.4) is 0 Å². The Labute approximate surface area is 81.7 Å². The molecule has 0 saturated carbocycles. The van der Waals surface area contributed by atoms with E-state index in [1.807, 2.05) is 0 Å². The van der Waals surface area contributed by atoms with E-state index in [4.69, 9.17) is 0 Å². The van der Waals surface area contributed by atoms with Crippen LogP contribution in [0.1, 0.15) is 0 Å². The van der Waals surface area contributed by atoms with Crippen LogP contribution in [0.25, 0.3) is 0 Å². The van der Waals surface area contributed by atoms with Crippen molar-refractivity contribution in [1.29, 1.82) is 0 Å². The van der Waals surface area contributed by atoms with E-state index in [9.17, 15) is 0 Å². The topological polar surface area (TPSA) is 0 Å². The maximum atomic E-state index is 2.72. The molecule has 0 saturated heterocycles. The van der Waals surface area contributed by atoms with Crippen LogP contribution in [0.2, 0.25) is 0 Å². The number of rotatable bonds is 0. The summed E-state index contributed by atoms with van der Waals surface area (Å²) < 4.78 is 1.30. The van der Waals surface area contributed by atoms with Crippen molar-refractivity contribution in [2.45, 2.75) is 0 Å². The van der Waals surface area contributed by atoms with E-state index in [0.29, 0.717) is 0 Å². The van der Waals surface area contributed by atoms with Crippen molar-refractivity contribution in [2.75, 3.05) is 0 Å². The van der Waals surface area contributed by atoms with E-state index in [-0.39, 0.29) is 0 Å². The van der Waals surface area contributed by atoms with Crippen LogP contribution in [0.4, 0.5) is 0 Å². The molecular formula is C6H8IP3. The van der Waals surface area contributed by atoms with Gasteiger partial charge in [0.05, 0.1) is 0 Å². The van der Waals surface area contributed by atoms with Crippen LogP contribution < -0.4 is 15.9 Å². The van der Waals surface area contributed by atoms with E-state index < -0.39 is 0 Å². The summed E-state index contributed by atoms with van der Waals surface area (Å²) in [6.07, 6.45) is 0. The number of benzene rings is 1. The minimum Gasteiger partial charge on any atom is -0.106 e. The zero-order valence-corrected chi connectivity index (χ0v) is 10.9. The Bertz CT molecular complexity index is 236. The van der Waals surface area contributed by atoms with Crippen molar-refractivity contribution in [1.82, 2.24) is 0 Å². The van der Waals surface area contributed by atoms with Gasteiger partial charge in [0, 0.05) is 3.57 Å². The smallest absolute Gasteiger partial charge is 0.0273 e. The van der Waals surface area contributed by atoms with E-state index in [1.165, 1.54) is 19.5 Å². The Hall–Kier alpha value is 1.24. The zero-order valence-electron chi connectivity index (χ0n) is 5.26. The predicted octanol–water partition coefficient (Wildman–Crippen LogP) is 0.792. The van der Waals surface area contributed by atoms with Gasteiger partial charge in [-0.1, -0.05) is 0 Å². The van der Waals surface area contributed by atoms with Crippen LogP contribution in [-0.4, -0.2) is 0 Å². The molecule has 0 amide bonds. The molecule has 54 valence electrons. The van der Waals surface area contributed by atoms with Gasteiger partial charge >= 0.3 is 0 Å². The summed E-state index contributed by atoms with van der Waals surface area (Å²) >= 11 is 2.33. The van der Waals surface area contributed by atoms with Gasteiger partial charge in [-0.05, 0) is 50.6 Å². The molecule has 0 aliphatic carbocycles. The number of hydrogen-bond acceptors (Lipinski definition) is 0. The first-order valence-corrected chi connectivity index (χ1v) is 5.52. The Morgan fingerprint density at radius 1 is 1.00 bits per heavy atom. The third-order valence-electron chi connectivity index (χ3n) is 1.15. The van der Waals surface area contributed by atoms with Crippen molar-refractivity contribution in [3.8, 4) is 0 Å². The molecule has 1 aromatic carbocycles. The van der Waals surface area contributed by atoms with Gasteiger partial charge in [-0.3, -0.25) is 0 Å². The summed E-state index contributed by atoms with van der Waals surface area (Å²) in [5.74, 6) is 0. The Morgan fingerprint density at radius 2 is 1.40 bits per heavy atom. The number of halogens is 1. The second-order valence-electron chi connectivity index (χ2n) is 2.01. The highest BCUT2D eigenvalue weighted by atomic mass is 127. The van der Waals surface area contributed by atoms with Crippen LogP contribution in [0.15, 0.2) is 12.1 Å². The second kappa shape index (κ2) is 3.76. The molecule has 1 aromatic rings. The van der Waals surface area contributed by atoms with Crippen LogP contribution in [0, 0.1) is 3.57 Å². The minimum atomic E-state index is 1.23. The quantitative estimate of drug-likeness (QED) is 0.491. The summed E-state index contributed by atoms with van der Waals surface area (Å²) in [4.78, 5) is 0. The third kappa shape index (κ3) is 2.11. The molecule has 3 atom stereocenters. The SMILES string of the molecule is Pc1cc(P)c(I)c(P)c1. The Balaban J connectivity index is 3.31. The highest BCUT2D eigenvalue weighted by molar-refractivity contribution is 14.1. The maximum absolute atomic E-state index is 2.72. The van der Waals surface area contributed by atoms with Crippen molar-refractivity contribution >= 4 is 66.2 Å². The minimum absolute atomic E-state index is 1.23. The van der Waals surface area contributed by atoms with E-state index in [1.54, 1.807) is 0 Å². The Kier molecular flexibility index (Phi) is 3.51. The molecule has 0 N–H and O–H groups in total. The molecule has 0 spiro atoms. The largest absolute Gasteiger partial charge is 0.106 e. The standard InChI is InChI=1S/C6H8IP3/c7-6-4(9)1-3(8)2-5(6)10/h1-2H,8-10H2. The molecule has 0 aromatic heterocycles. The normalized spacial score (nSPS) is 10.0. The predicted molar refractivity (Wildman–Crippen MR) is 67.2 cm³/mol. The van der Waals surface area contributed by atoms with Gasteiger partial charge in [0.1, 0.15) is 0 Å². The lowest BCUT2D eigenvalue weighted by Gasteiger charge is -2.02. The average Bonchev–Trinajstić information content (AvgIpc) is 1.82. The lowest BCUT2D eigenvalue weighted by atomic mass is 10.4. The first kappa shape index (κ1) is 9.33. The lowest BCUT2D eigenvalue weighted by molar-refractivity contribution is 1.87. The highest BCUT2D eigenvalue weighted by Crippen LogP contribution is 2.05. The van der Waals surface area contributed by atoms with E-state index in [2.05, 4.69) is 62.4 Å². The van der Waals surface area contributed by atoms with Crippen LogP contribution in [0.5, 0.6) is 0 Å². The average molecular weight is 300 g/mol. The van der Waals surface area contributed by atoms with Gasteiger partial charge in [0.2, 0.25) is 0 Å². The monoisotopic (exact) mass is 300 g/mol. The fraction of sp³-hybridized carbons (Fsp3) is 0. The molecule has 1 rings (SSSR count). The molecule has 0 nitrogen and oxygen atoms in total. The summed E-state index contributed by atoms with van der Waals surface area (Å²) in [6.45, 7) is 0. The van der Waals surface area contributed by atoms with Crippen LogP contribution in [-0.2, 0) is 0 Å². The van der Waals surface area contributed by atoms with Gasteiger partial charge in [-0.2, -0.15) is 0 Å². The summed E-state index contributed by atoms with van der Waals surface area (Å²) in [5.41, 5.74) is 0. The molecule has 0 aliphatic rings. The molecule has 3 unspecified atom stereocenters. The van der Waals surface area contributed by atoms with Gasteiger partial charge < -0.3 is 0 Å². The first-order chi connectivity index (χ1) is 4.61. The van der Waals surface area contributed by atoms with Crippen molar-refractivity contribution in [3.63, 3.8) is 0 Å². The lowest BCUT2D eigenvalue weighted by Crippen LogP contribution is -2.14. The van der Waals surface area contributed by atoms with Crippen LogP contribution >= 0.6 is 50.3 Å². The molecular weight excluding hydrogens is 292 g/mol. The Morgan fingerprint density at radius 3 is 1.80 bits per heavy atom. The van der Waals surface area contributed by atoms with Gasteiger partial charge in [-0.15, -0.1) is 27.7 Å². The zero-order chi connectivity index (χ0) is 7.72.